The molecule has 0 amide bonds. The van der Waals surface area contributed by atoms with Gasteiger partial charge in [0.05, 0.1) is 27.5 Å². The molecule has 0 saturated carbocycles. The minimum atomic E-state index is -4.63. The van der Waals surface area contributed by atoms with E-state index >= 15 is 0 Å². The number of anilines is 1. The van der Waals surface area contributed by atoms with E-state index in [4.69, 9.17) is 0 Å². The van der Waals surface area contributed by atoms with Crippen molar-refractivity contribution in [1.29, 1.82) is 0 Å². The van der Waals surface area contributed by atoms with E-state index in [0.29, 0.717) is 5.69 Å². The first-order chi connectivity index (χ1) is 14.2. The standard InChI is InChI=1S/C18H13F3N6O2S/c19-18(20,21)13-6-7-17(26-8-1-2-9-26)16(10-13)23-30(28,29)15-5-3-4-14(11-15)27-12-22-24-25-27/h1-12,23H. The number of benzene rings is 2. The minimum Gasteiger partial charge on any atom is -0.322 e. The molecule has 0 aliphatic carbocycles. The lowest BCUT2D eigenvalue weighted by Gasteiger charge is -2.16. The maximum absolute atomic E-state index is 13.2. The number of nitrogens with one attached hydrogen (secondary N) is 1. The maximum Gasteiger partial charge on any atom is 0.416 e. The Balaban J connectivity index is 1.77. The second kappa shape index (κ2) is 7.30. The number of tetrazole rings is 1. The summed E-state index contributed by atoms with van der Waals surface area (Å²) in [5, 5.41) is 10.7. The average Bonchev–Trinajstić information content (AvgIpc) is 3.41. The van der Waals surface area contributed by atoms with Crippen molar-refractivity contribution in [2.24, 2.45) is 0 Å². The molecule has 0 bridgehead atoms. The van der Waals surface area contributed by atoms with Gasteiger partial charge in [-0.3, -0.25) is 4.72 Å². The Morgan fingerprint density at radius 2 is 1.73 bits per heavy atom. The van der Waals surface area contributed by atoms with Crippen molar-refractivity contribution in [1.82, 2.24) is 24.8 Å². The van der Waals surface area contributed by atoms with Crippen LogP contribution in [0.15, 0.2) is 78.2 Å². The first-order valence-corrected chi connectivity index (χ1v) is 9.93. The number of nitrogens with zero attached hydrogens (tertiary/aromatic N) is 5. The molecule has 2 aromatic carbocycles. The molecule has 4 aromatic rings. The van der Waals surface area contributed by atoms with Gasteiger partial charge in [-0.15, -0.1) is 5.10 Å². The highest BCUT2D eigenvalue weighted by atomic mass is 32.2. The van der Waals surface area contributed by atoms with Crippen molar-refractivity contribution >= 4 is 15.7 Å². The van der Waals surface area contributed by atoms with Crippen molar-refractivity contribution < 1.29 is 21.6 Å². The highest BCUT2D eigenvalue weighted by Crippen LogP contribution is 2.34. The molecule has 0 aliphatic heterocycles. The molecule has 1 N–H and O–H groups in total. The molecule has 0 unspecified atom stereocenters. The molecule has 0 atom stereocenters. The van der Waals surface area contributed by atoms with Crippen LogP contribution in [-0.4, -0.2) is 33.2 Å². The molecule has 0 radical (unpaired) electrons. The van der Waals surface area contributed by atoms with Crippen molar-refractivity contribution in [3.8, 4) is 11.4 Å². The van der Waals surface area contributed by atoms with Gasteiger partial charge in [0.15, 0.2) is 0 Å². The smallest absolute Gasteiger partial charge is 0.322 e. The molecule has 2 aromatic heterocycles. The predicted molar refractivity (Wildman–Crippen MR) is 101 cm³/mol. The molecule has 4 rings (SSSR count). The van der Waals surface area contributed by atoms with Crippen LogP contribution < -0.4 is 4.72 Å². The second-order valence-corrected chi connectivity index (χ2v) is 7.86. The summed E-state index contributed by atoms with van der Waals surface area (Å²) in [4.78, 5) is -0.161. The summed E-state index contributed by atoms with van der Waals surface area (Å²) in [7, 11) is -4.22. The third kappa shape index (κ3) is 3.89. The van der Waals surface area contributed by atoms with Crippen molar-refractivity contribution in [2.75, 3.05) is 4.72 Å². The number of rotatable bonds is 5. The van der Waals surface area contributed by atoms with Crippen molar-refractivity contribution in [2.45, 2.75) is 11.1 Å². The quantitative estimate of drug-likeness (QED) is 0.520. The van der Waals surface area contributed by atoms with E-state index in [-0.39, 0.29) is 16.3 Å². The lowest BCUT2D eigenvalue weighted by molar-refractivity contribution is -0.137. The Hall–Kier alpha value is -3.67. The number of sulfonamides is 1. The molecular weight excluding hydrogens is 421 g/mol. The molecule has 0 aliphatic rings. The van der Waals surface area contributed by atoms with Gasteiger partial charge in [0.2, 0.25) is 0 Å². The van der Waals surface area contributed by atoms with Crippen LogP contribution in [-0.2, 0) is 16.2 Å². The fourth-order valence-electron chi connectivity index (χ4n) is 2.79. The van der Waals surface area contributed by atoms with E-state index in [1.165, 1.54) is 39.8 Å². The SMILES string of the molecule is O=S(=O)(Nc1cc(C(F)(F)F)ccc1-n1cccc1)c1cccc(-n2cnnn2)c1. The molecule has 2 heterocycles. The van der Waals surface area contributed by atoms with E-state index < -0.39 is 21.8 Å². The van der Waals surface area contributed by atoms with Crippen LogP contribution in [0.4, 0.5) is 18.9 Å². The van der Waals surface area contributed by atoms with Crippen LogP contribution >= 0.6 is 0 Å². The molecule has 0 spiro atoms. The summed E-state index contributed by atoms with van der Waals surface area (Å²) in [6, 6.07) is 11.9. The Morgan fingerprint density at radius 1 is 0.967 bits per heavy atom. The Morgan fingerprint density at radius 3 is 2.40 bits per heavy atom. The van der Waals surface area contributed by atoms with E-state index in [0.717, 1.165) is 12.1 Å². The van der Waals surface area contributed by atoms with E-state index in [1.807, 2.05) is 0 Å². The Kier molecular flexibility index (Phi) is 4.78. The monoisotopic (exact) mass is 434 g/mol. The van der Waals surface area contributed by atoms with Crippen LogP contribution in [0.5, 0.6) is 0 Å². The van der Waals surface area contributed by atoms with Gasteiger partial charge in [-0.05, 0) is 59.0 Å². The number of hydrogen-bond acceptors (Lipinski definition) is 5. The summed E-state index contributed by atoms with van der Waals surface area (Å²) >= 11 is 0. The number of hydrogen-bond donors (Lipinski definition) is 1. The van der Waals surface area contributed by atoms with Gasteiger partial charge in [0, 0.05) is 12.4 Å². The summed E-state index contributed by atoms with van der Waals surface area (Å²) in [6.45, 7) is 0. The van der Waals surface area contributed by atoms with E-state index in [9.17, 15) is 21.6 Å². The first-order valence-electron chi connectivity index (χ1n) is 8.45. The fourth-order valence-corrected chi connectivity index (χ4v) is 3.90. The Bertz CT molecular complexity index is 1270. The molecule has 154 valence electrons. The maximum atomic E-state index is 13.2. The van der Waals surface area contributed by atoms with Crippen molar-refractivity contribution in [3.63, 3.8) is 0 Å². The lowest BCUT2D eigenvalue weighted by Crippen LogP contribution is -2.16. The summed E-state index contributed by atoms with van der Waals surface area (Å²) < 4.78 is 70.5. The van der Waals surface area contributed by atoms with Gasteiger partial charge in [0.1, 0.15) is 6.33 Å². The molecule has 0 fully saturated rings. The van der Waals surface area contributed by atoms with Crippen LogP contribution in [0.2, 0.25) is 0 Å². The predicted octanol–water partition coefficient (Wildman–Crippen LogP) is 3.27. The third-order valence-electron chi connectivity index (χ3n) is 4.19. The fraction of sp³-hybridized carbons (Fsp3) is 0.0556. The molecular formula is C18H13F3N6O2S. The number of halogens is 3. The molecule has 8 nitrogen and oxygen atoms in total. The van der Waals surface area contributed by atoms with Crippen LogP contribution in [0.3, 0.4) is 0 Å². The van der Waals surface area contributed by atoms with Gasteiger partial charge in [0.25, 0.3) is 10.0 Å². The highest BCUT2D eigenvalue weighted by Gasteiger charge is 2.31. The van der Waals surface area contributed by atoms with Crippen LogP contribution in [0, 0.1) is 0 Å². The Labute approximate surface area is 168 Å². The normalized spacial score (nSPS) is 12.1. The van der Waals surface area contributed by atoms with Crippen molar-refractivity contribution in [3.05, 3.63) is 78.9 Å². The van der Waals surface area contributed by atoms with Crippen LogP contribution in [0.1, 0.15) is 5.56 Å². The van der Waals surface area contributed by atoms with Gasteiger partial charge in [-0.2, -0.15) is 13.2 Å². The van der Waals surface area contributed by atoms with Gasteiger partial charge in [-0.1, -0.05) is 6.07 Å². The average molecular weight is 434 g/mol. The van der Waals surface area contributed by atoms with E-state index in [1.54, 1.807) is 30.6 Å². The van der Waals surface area contributed by atoms with E-state index in [2.05, 4.69) is 20.2 Å². The zero-order valence-corrected chi connectivity index (χ0v) is 15.8. The number of alkyl halides is 3. The van der Waals surface area contributed by atoms with Crippen LogP contribution in [0.25, 0.3) is 11.4 Å². The topological polar surface area (TPSA) is 94.7 Å². The highest BCUT2D eigenvalue weighted by molar-refractivity contribution is 7.92. The second-order valence-electron chi connectivity index (χ2n) is 6.18. The molecule has 30 heavy (non-hydrogen) atoms. The first kappa shape index (κ1) is 19.6. The summed E-state index contributed by atoms with van der Waals surface area (Å²) in [5.41, 5.74) is -0.571. The zero-order chi connectivity index (χ0) is 21.4. The lowest BCUT2D eigenvalue weighted by atomic mass is 10.1. The third-order valence-corrected chi connectivity index (χ3v) is 5.56. The number of aromatic nitrogens is 5. The van der Waals surface area contributed by atoms with Gasteiger partial charge >= 0.3 is 6.18 Å². The summed E-state index contributed by atoms with van der Waals surface area (Å²) in [5.74, 6) is 0. The van der Waals surface area contributed by atoms with Gasteiger partial charge < -0.3 is 4.57 Å². The molecule has 12 heteroatoms. The minimum absolute atomic E-state index is 0.161. The summed E-state index contributed by atoms with van der Waals surface area (Å²) in [6.07, 6.45) is -0.150. The largest absolute Gasteiger partial charge is 0.416 e. The van der Waals surface area contributed by atoms with Gasteiger partial charge in [-0.25, -0.2) is 13.1 Å². The molecule has 0 saturated heterocycles. The zero-order valence-electron chi connectivity index (χ0n) is 15.0.